The first kappa shape index (κ1) is 16.7. The number of carbonyl (C=O) groups is 1. The fraction of sp³-hybridized carbons (Fsp3) is 0.588. The van der Waals surface area contributed by atoms with Crippen LogP contribution in [0.1, 0.15) is 39.2 Å². The number of carbonyl (C=O) groups excluding carboxylic acids is 1. The maximum absolute atomic E-state index is 11.6. The Balaban J connectivity index is 2.08. The van der Waals surface area contributed by atoms with Gasteiger partial charge in [-0.25, -0.2) is 0 Å². The van der Waals surface area contributed by atoms with Crippen molar-refractivity contribution < 1.29 is 4.79 Å². The molecule has 1 amide bonds. The predicted octanol–water partition coefficient (Wildman–Crippen LogP) is 2.76. The van der Waals surface area contributed by atoms with E-state index in [9.17, 15) is 4.79 Å². The lowest BCUT2D eigenvalue weighted by atomic mass is 10.1. The fourth-order valence-electron chi connectivity index (χ4n) is 1.97. The summed E-state index contributed by atoms with van der Waals surface area (Å²) in [6.45, 7) is 7.89. The molecule has 20 heavy (non-hydrogen) atoms. The van der Waals surface area contributed by atoms with E-state index in [1.807, 2.05) is 6.07 Å². The van der Waals surface area contributed by atoms with E-state index in [0.717, 1.165) is 25.9 Å². The van der Waals surface area contributed by atoms with Crippen LogP contribution in [0.2, 0.25) is 0 Å². The van der Waals surface area contributed by atoms with Gasteiger partial charge in [-0.3, -0.25) is 4.79 Å². The van der Waals surface area contributed by atoms with Crippen LogP contribution in [0.15, 0.2) is 30.3 Å². The topological polar surface area (TPSA) is 41.1 Å². The number of hydrogen-bond donors (Lipinski definition) is 2. The second kappa shape index (κ2) is 9.54. The monoisotopic (exact) mass is 276 g/mol. The highest BCUT2D eigenvalue weighted by molar-refractivity contribution is 5.76. The highest BCUT2D eigenvalue weighted by Crippen LogP contribution is 2.04. The number of rotatable bonds is 9. The van der Waals surface area contributed by atoms with Crippen molar-refractivity contribution in [1.82, 2.24) is 10.6 Å². The summed E-state index contributed by atoms with van der Waals surface area (Å²) in [6, 6.07) is 11.0. The number of amides is 1. The van der Waals surface area contributed by atoms with Crippen LogP contribution in [0.5, 0.6) is 0 Å². The lowest BCUT2D eigenvalue weighted by molar-refractivity contribution is -0.121. The SMILES string of the molecule is CC(C)CNC(=O)CCNC(C)CCc1ccccc1. The van der Waals surface area contributed by atoms with Crippen LogP contribution in [0.4, 0.5) is 0 Å². The highest BCUT2D eigenvalue weighted by Gasteiger charge is 2.05. The van der Waals surface area contributed by atoms with Crippen molar-refractivity contribution in [3.8, 4) is 0 Å². The van der Waals surface area contributed by atoms with Crippen molar-refractivity contribution in [3.63, 3.8) is 0 Å². The molecule has 0 saturated carbocycles. The maximum Gasteiger partial charge on any atom is 0.221 e. The maximum atomic E-state index is 11.6. The molecule has 0 heterocycles. The molecule has 1 aromatic carbocycles. The molecule has 112 valence electrons. The summed E-state index contributed by atoms with van der Waals surface area (Å²) in [7, 11) is 0. The van der Waals surface area contributed by atoms with Crippen molar-refractivity contribution in [1.29, 1.82) is 0 Å². The predicted molar refractivity (Wildman–Crippen MR) is 84.7 cm³/mol. The Morgan fingerprint density at radius 1 is 1.15 bits per heavy atom. The molecule has 1 unspecified atom stereocenters. The molecule has 0 bridgehead atoms. The molecule has 0 aliphatic rings. The number of benzene rings is 1. The van der Waals surface area contributed by atoms with Gasteiger partial charge in [0.15, 0.2) is 0 Å². The molecule has 1 aromatic rings. The van der Waals surface area contributed by atoms with Crippen molar-refractivity contribution >= 4 is 5.91 Å². The smallest absolute Gasteiger partial charge is 0.221 e. The molecule has 0 fully saturated rings. The summed E-state index contributed by atoms with van der Waals surface area (Å²) < 4.78 is 0. The number of nitrogens with one attached hydrogen (secondary N) is 2. The zero-order valence-corrected chi connectivity index (χ0v) is 13.0. The first-order valence-corrected chi connectivity index (χ1v) is 7.62. The van der Waals surface area contributed by atoms with Gasteiger partial charge in [-0.2, -0.15) is 0 Å². The minimum atomic E-state index is 0.140. The van der Waals surface area contributed by atoms with E-state index in [0.29, 0.717) is 18.4 Å². The summed E-state index contributed by atoms with van der Waals surface area (Å²) in [4.78, 5) is 11.6. The number of hydrogen-bond acceptors (Lipinski definition) is 2. The third kappa shape index (κ3) is 7.95. The molecule has 0 spiro atoms. The number of aryl methyl sites for hydroxylation is 1. The third-order valence-corrected chi connectivity index (χ3v) is 3.26. The molecule has 2 N–H and O–H groups in total. The van der Waals surface area contributed by atoms with Crippen molar-refractivity contribution in [2.75, 3.05) is 13.1 Å². The minimum Gasteiger partial charge on any atom is -0.356 e. The van der Waals surface area contributed by atoms with Gasteiger partial charge in [0, 0.05) is 25.6 Å². The Hall–Kier alpha value is -1.35. The average Bonchev–Trinajstić information content (AvgIpc) is 2.44. The van der Waals surface area contributed by atoms with Gasteiger partial charge < -0.3 is 10.6 Å². The lowest BCUT2D eigenvalue weighted by Crippen LogP contribution is -2.33. The first-order chi connectivity index (χ1) is 9.58. The zero-order valence-electron chi connectivity index (χ0n) is 13.0. The van der Waals surface area contributed by atoms with E-state index < -0.39 is 0 Å². The van der Waals surface area contributed by atoms with Crippen LogP contribution >= 0.6 is 0 Å². The van der Waals surface area contributed by atoms with Crippen LogP contribution in [-0.2, 0) is 11.2 Å². The Morgan fingerprint density at radius 2 is 1.85 bits per heavy atom. The molecule has 0 aliphatic heterocycles. The normalized spacial score (nSPS) is 12.4. The van der Waals surface area contributed by atoms with Crippen LogP contribution in [-0.4, -0.2) is 25.0 Å². The van der Waals surface area contributed by atoms with Gasteiger partial charge in [0.1, 0.15) is 0 Å². The Morgan fingerprint density at radius 3 is 2.50 bits per heavy atom. The molecule has 0 aromatic heterocycles. The Bertz CT molecular complexity index is 376. The van der Waals surface area contributed by atoms with Gasteiger partial charge in [0.2, 0.25) is 5.91 Å². The zero-order chi connectivity index (χ0) is 14.8. The average molecular weight is 276 g/mol. The summed E-state index contributed by atoms with van der Waals surface area (Å²) in [5.41, 5.74) is 1.37. The van der Waals surface area contributed by atoms with Gasteiger partial charge in [0.05, 0.1) is 0 Å². The van der Waals surface area contributed by atoms with Gasteiger partial charge in [-0.15, -0.1) is 0 Å². The molecule has 0 aliphatic carbocycles. The largest absolute Gasteiger partial charge is 0.356 e. The van der Waals surface area contributed by atoms with Gasteiger partial charge in [-0.1, -0.05) is 44.2 Å². The first-order valence-electron chi connectivity index (χ1n) is 7.62. The quantitative estimate of drug-likeness (QED) is 0.728. The molecule has 3 nitrogen and oxygen atoms in total. The van der Waals surface area contributed by atoms with Crippen LogP contribution < -0.4 is 10.6 Å². The third-order valence-electron chi connectivity index (χ3n) is 3.26. The molecule has 0 saturated heterocycles. The van der Waals surface area contributed by atoms with Gasteiger partial charge in [0.25, 0.3) is 0 Å². The van der Waals surface area contributed by atoms with Crippen molar-refractivity contribution in [2.24, 2.45) is 5.92 Å². The molecule has 1 atom stereocenters. The summed E-state index contributed by atoms with van der Waals surface area (Å²) >= 11 is 0. The molecule has 1 rings (SSSR count). The summed E-state index contributed by atoms with van der Waals surface area (Å²) in [5, 5.41) is 6.35. The van der Waals surface area contributed by atoms with E-state index >= 15 is 0 Å². The van der Waals surface area contributed by atoms with E-state index in [4.69, 9.17) is 0 Å². The molecule has 0 radical (unpaired) electrons. The van der Waals surface area contributed by atoms with E-state index in [1.54, 1.807) is 0 Å². The Kier molecular flexibility index (Phi) is 7.97. The second-order valence-electron chi connectivity index (χ2n) is 5.83. The van der Waals surface area contributed by atoms with Crippen molar-refractivity contribution in [2.45, 2.75) is 46.1 Å². The van der Waals surface area contributed by atoms with E-state index in [-0.39, 0.29) is 5.91 Å². The van der Waals surface area contributed by atoms with Crippen molar-refractivity contribution in [3.05, 3.63) is 35.9 Å². The highest BCUT2D eigenvalue weighted by atomic mass is 16.1. The molecular formula is C17H28N2O. The minimum absolute atomic E-state index is 0.140. The van der Waals surface area contributed by atoms with Crippen LogP contribution in [0, 0.1) is 5.92 Å². The second-order valence-corrected chi connectivity index (χ2v) is 5.83. The lowest BCUT2D eigenvalue weighted by Gasteiger charge is -2.14. The molecular weight excluding hydrogens is 248 g/mol. The molecule has 3 heteroatoms. The fourth-order valence-corrected chi connectivity index (χ4v) is 1.97. The van der Waals surface area contributed by atoms with E-state index in [2.05, 4.69) is 55.7 Å². The van der Waals surface area contributed by atoms with Crippen LogP contribution in [0.25, 0.3) is 0 Å². The van der Waals surface area contributed by atoms with Crippen LogP contribution in [0.3, 0.4) is 0 Å². The van der Waals surface area contributed by atoms with E-state index in [1.165, 1.54) is 5.56 Å². The summed E-state index contributed by atoms with van der Waals surface area (Å²) in [6.07, 6.45) is 2.73. The standard InChI is InChI=1S/C17H28N2O/c1-14(2)13-19-17(20)11-12-18-15(3)9-10-16-7-5-4-6-8-16/h4-8,14-15,18H,9-13H2,1-3H3,(H,19,20). The Labute approximate surface area is 123 Å². The summed E-state index contributed by atoms with van der Waals surface area (Å²) in [5.74, 6) is 0.651. The van der Waals surface area contributed by atoms with Gasteiger partial charge in [-0.05, 0) is 31.2 Å². The van der Waals surface area contributed by atoms with Gasteiger partial charge >= 0.3 is 0 Å².